The minimum absolute atomic E-state index is 0.727. The average molecular weight is 697 g/mol. The SMILES string of the molecule is CN1CN(c2cc(Oc3cccc(-n4c5ccccc5c5cccnc54)c3)cc(-c3c(-c4ccccc4)cccc3-c3ccccc3)c2)c2ccccc21. The molecule has 5 nitrogen and oxygen atoms in total. The van der Waals surface area contributed by atoms with Crippen LogP contribution in [0.2, 0.25) is 0 Å². The predicted molar refractivity (Wildman–Crippen MR) is 223 cm³/mol. The average Bonchev–Trinajstić information content (AvgIpc) is 3.76. The largest absolute Gasteiger partial charge is 0.457 e. The maximum Gasteiger partial charge on any atom is 0.145 e. The summed E-state index contributed by atoms with van der Waals surface area (Å²) in [4.78, 5) is 9.48. The first-order chi connectivity index (χ1) is 26.7. The lowest BCUT2D eigenvalue weighted by Crippen LogP contribution is -2.24. The van der Waals surface area contributed by atoms with Gasteiger partial charge in [-0.05, 0) is 88.0 Å². The Labute approximate surface area is 314 Å². The Morgan fingerprint density at radius 1 is 0.500 bits per heavy atom. The van der Waals surface area contributed by atoms with Crippen LogP contribution in [-0.2, 0) is 0 Å². The van der Waals surface area contributed by atoms with Crippen molar-refractivity contribution in [1.82, 2.24) is 9.55 Å². The summed E-state index contributed by atoms with van der Waals surface area (Å²) < 4.78 is 9.16. The van der Waals surface area contributed by atoms with Gasteiger partial charge in [-0.1, -0.05) is 115 Å². The molecule has 0 atom stereocenters. The second kappa shape index (κ2) is 13.1. The minimum Gasteiger partial charge on any atom is -0.457 e. The normalized spacial score (nSPS) is 12.4. The summed E-state index contributed by atoms with van der Waals surface area (Å²) in [5.41, 5.74) is 13.3. The van der Waals surface area contributed by atoms with E-state index in [1.165, 1.54) is 27.9 Å². The molecule has 7 aromatic carbocycles. The van der Waals surface area contributed by atoms with Crippen LogP contribution < -0.4 is 14.5 Å². The van der Waals surface area contributed by atoms with Gasteiger partial charge in [-0.3, -0.25) is 4.57 Å². The maximum absolute atomic E-state index is 6.94. The molecule has 54 heavy (non-hydrogen) atoms. The first-order valence-corrected chi connectivity index (χ1v) is 18.3. The number of aromatic nitrogens is 2. The van der Waals surface area contributed by atoms with Crippen LogP contribution in [0.4, 0.5) is 17.1 Å². The molecule has 0 spiro atoms. The summed E-state index contributed by atoms with van der Waals surface area (Å²) in [5, 5.41) is 2.30. The van der Waals surface area contributed by atoms with E-state index in [0.717, 1.165) is 68.3 Å². The highest BCUT2D eigenvalue weighted by Gasteiger charge is 2.26. The molecule has 1 aliphatic rings. The van der Waals surface area contributed by atoms with E-state index in [-0.39, 0.29) is 0 Å². The second-order valence-electron chi connectivity index (χ2n) is 13.8. The molecule has 0 amide bonds. The van der Waals surface area contributed by atoms with Crippen molar-refractivity contribution >= 4 is 39.0 Å². The summed E-state index contributed by atoms with van der Waals surface area (Å²) >= 11 is 0. The quantitative estimate of drug-likeness (QED) is 0.166. The van der Waals surface area contributed by atoms with E-state index in [0.29, 0.717) is 0 Å². The number of nitrogens with zero attached hydrogens (tertiary/aromatic N) is 4. The van der Waals surface area contributed by atoms with Crippen LogP contribution in [0.25, 0.3) is 61.0 Å². The number of pyridine rings is 1. The Bertz CT molecular complexity index is 2700. The Balaban J connectivity index is 1.16. The number of rotatable bonds is 7. The molecule has 258 valence electrons. The standard InChI is InChI=1S/C49H36N4O/c1-51-33-52(47-27-11-10-26-46(47)51)38-29-36(48-41(34-15-4-2-5-16-34)22-13-23-42(48)35-17-6-3-7-18-35)30-40(32-38)54-39-20-12-19-37(31-39)53-45-25-9-8-21-43(45)44-24-14-28-50-49(44)53/h2-32H,33H2,1H3. The highest BCUT2D eigenvalue weighted by atomic mass is 16.5. The topological polar surface area (TPSA) is 33.5 Å². The molecule has 0 fully saturated rings. The smallest absolute Gasteiger partial charge is 0.145 e. The lowest BCUT2D eigenvalue weighted by Gasteiger charge is -2.23. The van der Waals surface area contributed by atoms with Gasteiger partial charge >= 0.3 is 0 Å². The van der Waals surface area contributed by atoms with Gasteiger partial charge in [0.15, 0.2) is 0 Å². The molecule has 0 radical (unpaired) electrons. The number of hydrogen-bond acceptors (Lipinski definition) is 4. The fourth-order valence-electron chi connectivity index (χ4n) is 8.00. The molecule has 0 bridgehead atoms. The fourth-order valence-corrected chi connectivity index (χ4v) is 8.00. The molecule has 0 saturated heterocycles. The third-order valence-electron chi connectivity index (χ3n) is 10.4. The number of benzene rings is 7. The minimum atomic E-state index is 0.727. The number of ether oxygens (including phenoxy) is 1. The maximum atomic E-state index is 6.94. The van der Waals surface area contributed by atoms with Crippen molar-refractivity contribution in [3.8, 4) is 50.6 Å². The molecule has 1 aliphatic heterocycles. The summed E-state index contributed by atoms with van der Waals surface area (Å²) in [7, 11) is 2.15. The van der Waals surface area contributed by atoms with Crippen molar-refractivity contribution in [1.29, 1.82) is 0 Å². The molecule has 2 aromatic heterocycles. The van der Waals surface area contributed by atoms with E-state index >= 15 is 0 Å². The van der Waals surface area contributed by atoms with Gasteiger partial charge in [0.2, 0.25) is 0 Å². The van der Waals surface area contributed by atoms with Crippen molar-refractivity contribution in [2.24, 2.45) is 0 Å². The van der Waals surface area contributed by atoms with Gasteiger partial charge in [-0.2, -0.15) is 0 Å². The van der Waals surface area contributed by atoms with E-state index in [2.05, 4.69) is 191 Å². The number of hydrogen-bond donors (Lipinski definition) is 0. The number of fused-ring (bicyclic) bond motifs is 4. The molecule has 0 N–H and O–H groups in total. The van der Waals surface area contributed by atoms with Gasteiger partial charge in [-0.15, -0.1) is 0 Å². The van der Waals surface area contributed by atoms with Gasteiger partial charge < -0.3 is 14.5 Å². The Hall–Kier alpha value is -7.11. The highest BCUT2D eigenvalue weighted by Crippen LogP contribution is 2.46. The van der Waals surface area contributed by atoms with Crippen LogP contribution in [0.5, 0.6) is 11.5 Å². The third kappa shape index (κ3) is 5.46. The van der Waals surface area contributed by atoms with Crippen LogP contribution in [0.15, 0.2) is 188 Å². The van der Waals surface area contributed by atoms with Crippen LogP contribution in [0.1, 0.15) is 0 Å². The molecule has 9 aromatic rings. The van der Waals surface area contributed by atoms with E-state index < -0.39 is 0 Å². The van der Waals surface area contributed by atoms with Gasteiger partial charge in [0.1, 0.15) is 17.1 Å². The molecule has 3 heterocycles. The summed E-state index contributed by atoms with van der Waals surface area (Å²) in [5.74, 6) is 1.50. The van der Waals surface area contributed by atoms with E-state index in [1.54, 1.807) is 0 Å². The second-order valence-corrected chi connectivity index (χ2v) is 13.8. The van der Waals surface area contributed by atoms with Gasteiger partial charge in [0.05, 0.1) is 29.2 Å². The number of anilines is 3. The van der Waals surface area contributed by atoms with Crippen LogP contribution in [-0.4, -0.2) is 23.3 Å². The van der Waals surface area contributed by atoms with E-state index in [4.69, 9.17) is 9.72 Å². The lowest BCUT2D eigenvalue weighted by atomic mass is 9.87. The summed E-state index contributed by atoms with van der Waals surface area (Å²) in [6.45, 7) is 0.727. The fraction of sp³-hybridized carbons (Fsp3) is 0.0408. The third-order valence-corrected chi connectivity index (χ3v) is 10.4. The van der Waals surface area contributed by atoms with Crippen molar-refractivity contribution in [3.63, 3.8) is 0 Å². The molecule has 10 rings (SSSR count). The van der Waals surface area contributed by atoms with E-state index in [9.17, 15) is 0 Å². The van der Waals surface area contributed by atoms with Gasteiger partial charge in [-0.25, -0.2) is 4.98 Å². The molecule has 0 unspecified atom stereocenters. The summed E-state index contributed by atoms with van der Waals surface area (Å²) in [6, 6.07) is 64.2. The molecule has 5 heteroatoms. The number of para-hydroxylation sites is 3. The van der Waals surface area contributed by atoms with Gasteiger partial charge in [0, 0.05) is 41.8 Å². The molecule has 0 saturated carbocycles. The molecular formula is C49H36N4O. The zero-order valence-corrected chi connectivity index (χ0v) is 29.8. The lowest BCUT2D eigenvalue weighted by molar-refractivity contribution is 0.483. The van der Waals surface area contributed by atoms with Gasteiger partial charge in [0.25, 0.3) is 0 Å². The van der Waals surface area contributed by atoms with Crippen LogP contribution >= 0.6 is 0 Å². The molecule has 0 aliphatic carbocycles. The molecular weight excluding hydrogens is 661 g/mol. The monoisotopic (exact) mass is 696 g/mol. The first kappa shape index (κ1) is 31.6. The van der Waals surface area contributed by atoms with E-state index in [1.807, 2.05) is 18.3 Å². The van der Waals surface area contributed by atoms with Crippen LogP contribution in [0, 0.1) is 0 Å². The van der Waals surface area contributed by atoms with Crippen molar-refractivity contribution < 1.29 is 4.74 Å². The summed E-state index contributed by atoms with van der Waals surface area (Å²) in [6.07, 6.45) is 1.86. The predicted octanol–water partition coefficient (Wildman–Crippen LogP) is 12.5. The Morgan fingerprint density at radius 2 is 1.15 bits per heavy atom. The zero-order valence-electron chi connectivity index (χ0n) is 29.8. The first-order valence-electron chi connectivity index (χ1n) is 18.3. The highest BCUT2D eigenvalue weighted by molar-refractivity contribution is 6.07. The Morgan fingerprint density at radius 3 is 1.93 bits per heavy atom. The van der Waals surface area contributed by atoms with Crippen molar-refractivity contribution in [3.05, 3.63) is 188 Å². The Kier molecular flexibility index (Phi) is 7.69. The zero-order chi connectivity index (χ0) is 36.0. The van der Waals surface area contributed by atoms with Crippen molar-refractivity contribution in [2.75, 3.05) is 23.5 Å². The van der Waals surface area contributed by atoms with Crippen LogP contribution in [0.3, 0.4) is 0 Å². The van der Waals surface area contributed by atoms with Crippen molar-refractivity contribution in [2.45, 2.75) is 0 Å².